The number of ether oxygens (including phenoxy) is 1. The molecule has 7 heteroatoms. The lowest BCUT2D eigenvalue weighted by Crippen LogP contribution is -2.37. The summed E-state index contributed by atoms with van der Waals surface area (Å²) in [5.74, 6) is -1.50. The Bertz CT molecular complexity index is 875. The van der Waals surface area contributed by atoms with Gasteiger partial charge < -0.3 is 9.64 Å². The van der Waals surface area contributed by atoms with Gasteiger partial charge in [0.2, 0.25) is 5.91 Å². The molecule has 0 spiro atoms. The van der Waals surface area contributed by atoms with E-state index in [1.807, 2.05) is 6.07 Å². The number of imide groups is 1. The number of benzene rings is 2. The average molecular weight is 380 g/mol. The molecule has 3 rings (SSSR count). The summed E-state index contributed by atoms with van der Waals surface area (Å²) in [6.07, 6.45) is 0.383. The quantitative estimate of drug-likeness (QED) is 0.543. The lowest BCUT2D eigenvalue weighted by molar-refractivity contribution is -0.140. The predicted octanol–water partition coefficient (Wildman–Crippen LogP) is 2.27. The number of methoxy groups -OCH3 is 1. The molecule has 0 unspecified atom stereocenters. The van der Waals surface area contributed by atoms with Gasteiger partial charge in [-0.15, -0.1) is 0 Å². The molecule has 28 heavy (non-hydrogen) atoms. The molecular formula is C21H20N2O5. The summed E-state index contributed by atoms with van der Waals surface area (Å²) in [6, 6.07) is 15.5. The van der Waals surface area contributed by atoms with E-state index in [4.69, 9.17) is 0 Å². The van der Waals surface area contributed by atoms with Crippen molar-refractivity contribution in [2.75, 3.05) is 25.1 Å². The maximum absolute atomic E-state index is 12.7. The summed E-state index contributed by atoms with van der Waals surface area (Å²) < 4.78 is 4.67. The molecule has 3 amide bonds. The van der Waals surface area contributed by atoms with Crippen LogP contribution in [0.1, 0.15) is 33.6 Å². The molecule has 7 nitrogen and oxygen atoms in total. The summed E-state index contributed by atoms with van der Waals surface area (Å²) in [5, 5.41) is 0. The summed E-state index contributed by atoms with van der Waals surface area (Å²) in [6.45, 7) is -0.0642. The van der Waals surface area contributed by atoms with Gasteiger partial charge in [-0.2, -0.15) is 0 Å². The zero-order valence-electron chi connectivity index (χ0n) is 15.5. The van der Waals surface area contributed by atoms with Crippen molar-refractivity contribution >= 4 is 29.4 Å². The minimum Gasteiger partial charge on any atom is -0.468 e. The third-order valence-electron chi connectivity index (χ3n) is 4.53. The zero-order valence-corrected chi connectivity index (χ0v) is 15.5. The van der Waals surface area contributed by atoms with Gasteiger partial charge in [-0.05, 0) is 30.7 Å². The van der Waals surface area contributed by atoms with E-state index in [0.29, 0.717) is 23.2 Å². The molecule has 0 atom stereocenters. The van der Waals surface area contributed by atoms with E-state index >= 15 is 0 Å². The Morgan fingerprint density at radius 2 is 1.50 bits per heavy atom. The van der Waals surface area contributed by atoms with Gasteiger partial charge in [-0.25, -0.2) is 0 Å². The monoisotopic (exact) mass is 380 g/mol. The molecule has 0 saturated heterocycles. The van der Waals surface area contributed by atoms with Crippen molar-refractivity contribution in [3.63, 3.8) is 0 Å². The highest BCUT2D eigenvalue weighted by Crippen LogP contribution is 2.23. The molecule has 1 heterocycles. The Morgan fingerprint density at radius 1 is 0.929 bits per heavy atom. The number of rotatable bonds is 7. The smallest absolute Gasteiger partial charge is 0.325 e. The van der Waals surface area contributed by atoms with Crippen LogP contribution < -0.4 is 4.90 Å². The van der Waals surface area contributed by atoms with Crippen LogP contribution in [-0.4, -0.2) is 48.8 Å². The Hall–Kier alpha value is -3.48. The number of nitrogens with zero attached hydrogens (tertiary/aromatic N) is 2. The number of hydrogen-bond acceptors (Lipinski definition) is 5. The highest BCUT2D eigenvalue weighted by molar-refractivity contribution is 6.21. The van der Waals surface area contributed by atoms with Crippen molar-refractivity contribution < 1.29 is 23.9 Å². The molecular weight excluding hydrogens is 360 g/mol. The van der Waals surface area contributed by atoms with Gasteiger partial charge in [-0.3, -0.25) is 24.1 Å². The Morgan fingerprint density at radius 3 is 2.07 bits per heavy atom. The number of para-hydroxylation sites is 1. The van der Waals surface area contributed by atoms with Crippen LogP contribution in [-0.2, 0) is 14.3 Å². The molecule has 1 aliphatic rings. The first-order valence-corrected chi connectivity index (χ1v) is 8.90. The van der Waals surface area contributed by atoms with Crippen LogP contribution in [0.15, 0.2) is 54.6 Å². The molecule has 0 radical (unpaired) electrons. The maximum Gasteiger partial charge on any atom is 0.325 e. The van der Waals surface area contributed by atoms with Crippen molar-refractivity contribution in [2.45, 2.75) is 12.8 Å². The van der Waals surface area contributed by atoms with Crippen LogP contribution >= 0.6 is 0 Å². The largest absolute Gasteiger partial charge is 0.468 e. The third kappa shape index (κ3) is 3.93. The fourth-order valence-corrected chi connectivity index (χ4v) is 3.09. The lowest BCUT2D eigenvalue weighted by atomic mass is 10.1. The number of fused-ring (bicyclic) bond motifs is 1. The van der Waals surface area contributed by atoms with E-state index in [0.717, 1.165) is 4.90 Å². The molecule has 0 bridgehead atoms. The standard InChI is InChI=1S/C21H20N2O5/c1-28-19(25)14-23(15-8-3-2-4-9-15)18(24)12-7-13-22-20(26)16-10-5-6-11-17(16)21(22)27/h2-6,8-11H,7,12-14H2,1H3. The van der Waals surface area contributed by atoms with E-state index < -0.39 is 5.97 Å². The number of hydrogen-bond donors (Lipinski definition) is 0. The van der Waals surface area contributed by atoms with Crippen LogP contribution in [0.25, 0.3) is 0 Å². The molecule has 0 fully saturated rings. The van der Waals surface area contributed by atoms with Gasteiger partial charge in [0.05, 0.1) is 18.2 Å². The van der Waals surface area contributed by atoms with Crippen LogP contribution in [0, 0.1) is 0 Å². The first-order valence-electron chi connectivity index (χ1n) is 8.90. The van der Waals surface area contributed by atoms with Crippen molar-refractivity contribution in [1.29, 1.82) is 0 Å². The molecule has 0 aliphatic carbocycles. The van der Waals surface area contributed by atoms with Crippen molar-refractivity contribution in [3.8, 4) is 0 Å². The highest BCUT2D eigenvalue weighted by Gasteiger charge is 2.34. The zero-order chi connectivity index (χ0) is 20.1. The summed E-state index contributed by atoms with van der Waals surface area (Å²) in [4.78, 5) is 51.6. The second-order valence-corrected chi connectivity index (χ2v) is 6.30. The minimum atomic E-state index is -0.530. The number of esters is 1. The van der Waals surface area contributed by atoms with E-state index in [1.54, 1.807) is 48.5 Å². The number of carbonyl (C=O) groups is 4. The van der Waals surface area contributed by atoms with Crippen LogP contribution in [0.5, 0.6) is 0 Å². The second-order valence-electron chi connectivity index (χ2n) is 6.30. The fourth-order valence-electron chi connectivity index (χ4n) is 3.09. The van der Waals surface area contributed by atoms with Crippen molar-refractivity contribution in [3.05, 3.63) is 65.7 Å². The van der Waals surface area contributed by atoms with E-state index in [1.165, 1.54) is 12.0 Å². The third-order valence-corrected chi connectivity index (χ3v) is 4.53. The number of anilines is 1. The molecule has 0 N–H and O–H groups in total. The van der Waals surface area contributed by atoms with Gasteiger partial charge in [0.25, 0.3) is 11.8 Å². The molecule has 1 aliphatic heterocycles. The molecule has 144 valence electrons. The summed E-state index contributed by atoms with van der Waals surface area (Å²) in [5.41, 5.74) is 1.35. The Kier molecular flexibility index (Phi) is 5.84. The van der Waals surface area contributed by atoms with E-state index in [9.17, 15) is 19.2 Å². The van der Waals surface area contributed by atoms with Gasteiger partial charge in [0.15, 0.2) is 0 Å². The van der Waals surface area contributed by atoms with Crippen molar-refractivity contribution in [1.82, 2.24) is 4.90 Å². The fraction of sp³-hybridized carbons (Fsp3) is 0.238. The van der Waals surface area contributed by atoms with E-state index in [2.05, 4.69) is 4.74 Å². The average Bonchev–Trinajstić information content (AvgIpc) is 2.97. The highest BCUT2D eigenvalue weighted by atomic mass is 16.5. The minimum absolute atomic E-state index is 0.0826. The maximum atomic E-state index is 12.7. The van der Waals surface area contributed by atoms with Crippen LogP contribution in [0.2, 0.25) is 0 Å². The summed E-state index contributed by atoms with van der Waals surface area (Å²) >= 11 is 0. The number of carbonyl (C=O) groups excluding carboxylic acids is 4. The van der Waals surface area contributed by atoms with Gasteiger partial charge in [0, 0.05) is 18.7 Å². The Labute approximate surface area is 162 Å². The molecule has 0 aromatic heterocycles. The van der Waals surface area contributed by atoms with E-state index in [-0.39, 0.29) is 37.2 Å². The van der Waals surface area contributed by atoms with Gasteiger partial charge >= 0.3 is 5.97 Å². The first-order chi connectivity index (χ1) is 13.5. The van der Waals surface area contributed by atoms with Gasteiger partial charge in [0.1, 0.15) is 6.54 Å². The molecule has 2 aromatic carbocycles. The molecule has 0 saturated carbocycles. The SMILES string of the molecule is COC(=O)CN(C(=O)CCCN1C(=O)c2ccccc2C1=O)c1ccccc1. The van der Waals surface area contributed by atoms with Crippen LogP contribution in [0.3, 0.4) is 0 Å². The predicted molar refractivity (Wildman–Crippen MR) is 102 cm³/mol. The Balaban J connectivity index is 1.63. The van der Waals surface area contributed by atoms with Crippen LogP contribution in [0.4, 0.5) is 5.69 Å². The topological polar surface area (TPSA) is 84.0 Å². The van der Waals surface area contributed by atoms with Crippen molar-refractivity contribution in [2.24, 2.45) is 0 Å². The number of amides is 3. The first kappa shape index (κ1) is 19.3. The summed E-state index contributed by atoms with van der Waals surface area (Å²) in [7, 11) is 1.26. The molecule has 2 aromatic rings. The second kappa shape index (κ2) is 8.47. The lowest BCUT2D eigenvalue weighted by Gasteiger charge is -2.22. The van der Waals surface area contributed by atoms with Gasteiger partial charge in [-0.1, -0.05) is 30.3 Å². The normalized spacial score (nSPS) is 12.7.